The summed E-state index contributed by atoms with van der Waals surface area (Å²) in [6.07, 6.45) is 3.08. The molecule has 0 unspecified atom stereocenters. The lowest BCUT2D eigenvalue weighted by Crippen LogP contribution is -2.08. The fourth-order valence-electron chi connectivity index (χ4n) is 0.718. The molecule has 0 aromatic heterocycles. The van der Waals surface area contributed by atoms with Gasteiger partial charge in [-0.1, -0.05) is 0 Å². The number of hydrogen-bond acceptors (Lipinski definition) is 2. The molecule has 0 bridgehead atoms. The first kappa shape index (κ1) is 6.26. The smallest absolute Gasteiger partial charge is 0.191 e. The van der Waals surface area contributed by atoms with Crippen molar-refractivity contribution in [1.82, 2.24) is 5.32 Å². The number of nitrogens with zero attached hydrogens (tertiary/aromatic N) is 1. The Labute approximate surface area is 53.5 Å². The maximum Gasteiger partial charge on any atom is 0.191 e. The van der Waals surface area contributed by atoms with Gasteiger partial charge in [-0.25, -0.2) is 4.99 Å². The zero-order valence-electron chi connectivity index (χ0n) is 5.32. The van der Waals surface area contributed by atoms with Crippen LogP contribution in [0.2, 0.25) is 0 Å². The predicted octanol–water partition coefficient (Wildman–Crippen LogP) is 1.21. The van der Waals surface area contributed by atoms with Crippen molar-refractivity contribution in [2.24, 2.45) is 4.99 Å². The van der Waals surface area contributed by atoms with Crippen LogP contribution in [0.25, 0.3) is 0 Å². The van der Waals surface area contributed by atoms with E-state index in [2.05, 4.69) is 10.3 Å². The fraction of sp³-hybridized carbons (Fsp3) is 0.500. The van der Waals surface area contributed by atoms with E-state index >= 15 is 0 Å². The third kappa shape index (κ3) is 1.52. The molecule has 2 nitrogen and oxygen atoms in total. The summed E-state index contributed by atoms with van der Waals surface area (Å²) in [5.74, 6) is 0.362. The van der Waals surface area contributed by atoms with Crippen molar-refractivity contribution in [2.75, 3.05) is 7.05 Å². The van der Waals surface area contributed by atoms with Crippen molar-refractivity contribution in [2.45, 2.75) is 12.8 Å². The Bertz CT molecular complexity index is 160. The summed E-state index contributed by atoms with van der Waals surface area (Å²) in [5, 5.41) is 2.77. The van der Waals surface area contributed by atoms with Gasteiger partial charge in [0.25, 0.3) is 0 Å². The van der Waals surface area contributed by atoms with Gasteiger partial charge in [-0.05, 0) is 12.5 Å². The number of hydrogen-bond donors (Lipinski definition) is 1. The van der Waals surface area contributed by atoms with Gasteiger partial charge in [0.15, 0.2) is 5.97 Å². The highest BCUT2D eigenvalue weighted by Gasteiger charge is 2.02. The van der Waals surface area contributed by atoms with Crippen molar-refractivity contribution < 1.29 is 4.39 Å². The molecule has 1 heterocycles. The van der Waals surface area contributed by atoms with Crippen molar-refractivity contribution in [3.05, 3.63) is 11.9 Å². The van der Waals surface area contributed by atoms with E-state index in [1.54, 1.807) is 7.05 Å². The molecule has 1 rings (SSSR count). The first-order chi connectivity index (χ1) is 4.33. The highest BCUT2D eigenvalue weighted by molar-refractivity contribution is 5.76. The minimum Gasteiger partial charge on any atom is -0.373 e. The van der Waals surface area contributed by atoms with E-state index in [9.17, 15) is 4.39 Å². The highest BCUT2D eigenvalue weighted by Crippen LogP contribution is 2.07. The van der Waals surface area contributed by atoms with Gasteiger partial charge in [0.05, 0.1) is 0 Å². The number of rotatable bonds is 1. The zero-order valence-corrected chi connectivity index (χ0v) is 5.32. The van der Waals surface area contributed by atoms with E-state index in [1.807, 2.05) is 6.08 Å². The van der Waals surface area contributed by atoms with Crippen LogP contribution in [0.15, 0.2) is 16.9 Å². The minimum atomic E-state index is -0.276. The average molecular weight is 128 g/mol. The van der Waals surface area contributed by atoms with Gasteiger partial charge in [0.1, 0.15) is 5.82 Å². The summed E-state index contributed by atoms with van der Waals surface area (Å²) in [6.45, 7) is 0. The summed E-state index contributed by atoms with van der Waals surface area (Å²) in [5.41, 5.74) is 0. The van der Waals surface area contributed by atoms with Gasteiger partial charge in [0.2, 0.25) is 0 Å². The molecule has 0 saturated carbocycles. The number of aliphatic imine (C=N–C) groups is 1. The first-order valence-corrected chi connectivity index (χ1v) is 2.94. The lowest BCUT2D eigenvalue weighted by atomic mass is 10.2. The normalized spacial score (nSPS) is 18.4. The summed E-state index contributed by atoms with van der Waals surface area (Å²) in [7, 11) is 1.73. The van der Waals surface area contributed by atoms with Crippen LogP contribution in [0.4, 0.5) is 4.39 Å². The van der Waals surface area contributed by atoms with E-state index in [0.29, 0.717) is 12.2 Å². The molecule has 0 fully saturated rings. The fourth-order valence-corrected chi connectivity index (χ4v) is 0.718. The Kier molecular flexibility index (Phi) is 1.82. The molecule has 0 aliphatic carbocycles. The molecule has 1 aliphatic rings. The molecule has 0 amide bonds. The van der Waals surface area contributed by atoms with E-state index in [1.165, 1.54) is 0 Å². The van der Waals surface area contributed by atoms with E-state index in [-0.39, 0.29) is 5.97 Å². The van der Waals surface area contributed by atoms with Crippen molar-refractivity contribution in [3.8, 4) is 0 Å². The molecule has 3 heteroatoms. The van der Waals surface area contributed by atoms with Crippen LogP contribution in [-0.4, -0.2) is 13.0 Å². The van der Waals surface area contributed by atoms with Gasteiger partial charge >= 0.3 is 0 Å². The van der Waals surface area contributed by atoms with Crippen LogP contribution in [0.5, 0.6) is 0 Å². The first-order valence-electron chi connectivity index (χ1n) is 2.94. The molecule has 0 radical (unpaired) electrons. The van der Waals surface area contributed by atoms with Crippen molar-refractivity contribution in [3.63, 3.8) is 0 Å². The van der Waals surface area contributed by atoms with Crippen LogP contribution in [0.3, 0.4) is 0 Å². The SMILES string of the molecule is CNC1=CCCC(F)=N1. The minimum absolute atomic E-state index is 0.276. The van der Waals surface area contributed by atoms with Gasteiger partial charge in [-0.2, -0.15) is 4.39 Å². The van der Waals surface area contributed by atoms with E-state index in [4.69, 9.17) is 0 Å². The third-order valence-corrected chi connectivity index (χ3v) is 1.19. The summed E-state index contributed by atoms with van der Waals surface area (Å²) >= 11 is 0. The van der Waals surface area contributed by atoms with Crippen molar-refractivity contribution in [1.29, 1.82) is 0 Å². The van der Waals surface area contributed by atoms with E-state index < -0.39 is 0 Å². The topological polar surface area (TPSA) is 24.4 Å². The lowest BCUT2D eigenvalue weighted by Gasteiger charge is -2.05. The van der Waals surface area contributed by atoms with Crippen molar-refractivity contribution >= 4 is 5.97 Å². The van der Waals surface area contributed by atoms with Gasteiger partial charge in [0, 0.05) is 13.5 Å². The number of halogens is 1. The quantitative estimate of drug-likeness (QED) is 0.564. The van der Waals surface area contributed by atoms with Crippen LogP contribution in [-0.2, 0) is 0 Å². The molecule has 1 N–H and O–H groups in total. The maximum absolute atomic E-state index is 12.3. The average Bonchev–Trinajstić information content (AvgIpc) is 1.88. The molecule has 1 aliphatic heterocycles. The molecule has 0 aromatic rings. The second kappa shape index (κ2) is 2.62. The van der Waals surface area contributed by atoms with Gasteiger partial charge in [-0.15, -0.1) is 0 Å². The molecule has 50 valence electrons. The third-order valence-electron chi connectivity index (χ3n) is 1.19. The second-order valence-electron chi connectivity index (χ2n) is 1.87. The Morgan fingerprint density at radius 1 is 1.78 bits per heavy atom. The van der Waals surface area contributed by atoms with Gasteiger partial charge < -0.3 is 5.32 Å². The molecule has 9 heavy (non-hydrogen) atoms. The molecular formula is C6H9FN2. The Balaban J connectivity index is 2.63. The monoisotopic (exact) mass is 128 g/mol. The summed E-state index contributed by atoms with van der Waals surface area (Å²) in [4.78, 5) is 3.60. The number of allylic oxidation sites excluding steroid dienone is 1. The molecule has 0 saturated heterocycles. The maximum atomic E-state index is 12.3. The molecular weight excluding hydrogens is 119 g/mol. The van der Waals surface area contributed by atoms with E-state index in [0.717, 1.165) is 6.42 Å². The Morgan fingerprint density at radius 2 is 2.56 bits per heavy atom. The Morgan fingerprint density at radius 3 is 3.00 bits per heavy atom. The second-order valence-corrected chi connectivity index (χ2v) is 1.87. The lowest BCUT2D eigenvalue weighted by molar-refractivity contribution is 0.732. The highest BCUT2D eigenvalue weighted by atomic mass is 19.1. The summed E-state index contributed by atoms with van der Waals surface area (Å²) < 4.78 is 12.3. The standard InChI is InChI=1S/C6H9FN2/c1-8-6-4-2-3-5(7)9-6/h4,8H,2-3H2,1H3. The zero-order chi connectivity index (χ0) is 6.69. The Hall–Kier alpha value is -0.860. The molecule has 0 atom stereocenters. The predicted molar refractivity (Wildman–Crippen MR) is 34.9 cm³/mol. The summed E-state index contributed by atoms with van der Waals surface area (Å²) in [6, 6.07) is 0. The van der Waals surface area contributed by atoms with Crippen LogP contribution >= 0.6 is 0 Å². The molecule has 0 spiro atoms. The largest absolute Gasteiger partial charge is 0.373 e. The number of nitrogens with one attached hydrogen (secondary N) is 1. The van der Waals surface area contributed by atoms with Crippen LogP contribution in [0.1, 0.15) is 12.8 Å². The molecule has 0 aromatic carbocycles. The van der Waals surface area contributed by atoms with Gasteiger partial charge in [-0.3, -0.25) is 0 Å². The van der Waals surface area contributed by atoms with Crippen LogP contribution < -0.4 is 5.32 Å². The van der Waals surface area contributed by atoms with Crippen LogP contribution in [0, 0.1) is 0 Å².